The van der Waals surface area contributed by atoms with Gasteiger partial charge < -0.3 is 20.1 Å². The monoisotopic (exact) mass is 610 g/mol. The summed E-state index contributed by atoms with van der Waals surface area (Å²) < 4.78 is 85.4. The van der Waals surface area contributed by atoms with Crippen LogP contribution in [0.15, 0.2) is 12.1 Å². The molecular weight excluding hydrogens is 583 g/mol. The molecule has 0 saturated carbocycles. The second kappa shape index (κ2) is 9.94. The molecule has 0 radical (unpaired) electrons. The lowest BCUT2D eigenvalue weighted by molar-refractivity contribution is -0.137. The van der Waals surface area contributed by atoms with E-state index in [1.165, 1.54) is 0 Å². The molecular formula is C28H28ClF5N6O2. The van der Waals surface area contributed by atoms with Gasteiger partial charge in [0.1, 0.15) is 41.8 Å². The topological polar surface area (TPSA) is 89.6 Å². The van der Waals surface area contributed by atoms with Crippen LogP contribution in [0, 0.1) is 5.82 Å². The third-order valence-electron chi connectivity index (χ3n) is 8.91. The minimum absolute atomic E-state index is 0.0827. The van der Waals surface area contributed by atoms with Crippen LogP contribution in [0.1, 0.15) is 44.1 Å². The number of rotatable bonds is 4. The van der Waals surface area contributed by atoms with E-state index in [0.717, 1.165) is 50.8 Å². The van der Waals surface area contributed by atoms with E-state index in [0.29, 0.717) is 25.3 Å². The Kier molecular flexibility index (Phi) is 6.54. The molecule has 3 fully saturated rings. The number of pyridine rings is 1. The summed E-state index contributed by atoms with van der Waals surface area (Å²) in [6, 6.07) is 1.69. The van der Waals surface area contributed by atoms with Crippen molar-refractivity contribution >= 4 is 34.0 Å². The molecule has 0 bridgehead atoms. The van der Waals surface area contributed by atoms with E-state index in [2.05, 4.69) is 19.9 Å². The Morgan fingerprint density at radius 3 is 2.79 bits per heavy atom. The van der Waals surface area contributed by atoms with Crippen molar-refractivity contribution in [2.75, 3.05) is 43.5 Å². The fourth-order valence-electron chi connectivity index (χ4n) is 7.04. The fraction of sp³-hybridized carbons (Fsp3) is 0.536. The van der Waals surface area contributed by atoms with Gasteiger partial charge in [0, 0.05) is 30.8 Å². The zero-order valence-electron chi connectivity index (χ0n) is 22.5. The number of nitrogens with two attached hydrogens (primary N) is 1. The highest BCUT2D eigenvalue weighted by atomic mass is 35.5. The number of piperidine rings is 1. The van der Waals surface area contributed by atoms with Gasteiger partial charge in [-0.15, -0.1) is 0 Å². The lowest BCUT2D eigenvalue weighted by Gasteiger charge is -2.35. The Balaban J connectivity index is 1.40. The van der Waals surface area contributed by atoms with Crippen LogP contribution in [0.3, 0.4) is 0 Å². The highest BCUT2D eigenvalue weighted by Crippen LogP contribution is 2.47. The van der Waals surface area contributed by atoms with Gasteiger partial charge in [0.05, 0.1) is 22.2 Å². The van der Waals surface area contributed by atoms with E-state index in [1.54, 1.807) is 0 Å². The molecule has 14 heteroatoms. The van der Waals surface area contributed by atoms with Gasteiger partial charge in [-0.05, 0) is 50.8 Å². The Morgan fingerprint density at radius 1 is 1.14 bits per heavy atom. The summed E-state index contributed by atoms with van der Waals surface area (Å²) in [6.45, 7) is 2.00. The molecule has 4 aliphatic heterocycles. The van der Waals surface area contributed by atoms with Crippen LogP contribution in [0.25, 0.3) is 22.2 Å². The quantitative estimate of drug-likeness (QED) is 0.293. The Hall–Kier alpha value is -3.19. The van der Waals surface area contributed by atoms with Crippen molar-refractivity contribution < 1.29 is 31.4 Å². The maximum Gasteiger partial charge on any atom is 0.418 e. The first-order chi connectivity index (χ1) is 20.0. The summed E-state index contributed by atoms with van der Waals surface area (Å²) in [6.07, 6.45) is -1.32. The predicted molar refractivity (Wildman–Crippen MR) is 146 cm³/mol. The number of nitrogen functional groups attached to an aromatic ring is 1. The molecule has 42 heavy (non-hydrogen) atoms. The fourth-order valence-corrected chi connectivity index (χ4v) is 7.37. The van der Waals surface area contributed by atoms with Gasteiger partial charge in [0.2, 0.25) is 5.88 Å². The SMILES string of the molecule is Nc1cc(Cl)c(C(F)(F)F)c(-c2nc3c4c(nc(OC[C@@]56CCCN5C[C@H](F)C6)nc4c2F)N2CCCC[C@H]2CO3)c1. The van der Waals surface area contributed by atoms with Crippen LogP contribution in [0.4, 0.5) is 33.5 Å². The van der Waals surface area contributed by atoms with E-state index < -0.39 is 45.5 Å². The molecule has 3 saturated heterocycles. The molecule has 0 unspecified atom stereocenters. The average Bonchev–Trinajstić information content (AvgIpc) is 3.40. The van der Waals surface area contributed by atoms with Crippen LogP contribution in [0.5, 0.6) is 11.9 Å². The van der Waals surface area contributed by atoms with Gasteiger partial charge in [-0.1, -0.05) is 11.6 Å². The minimum Gasteiger partial charge on any atom is -0.475 e. The molecule has 0 aliphatic carbocycles. The summed E-state index contributed by atoms with van der Waals surface area (Å²) >= 11 is 5.98. The second-order valence-electron chi connectivity index (χ2n) is 11.6. The first-order valence-corrected chi connectivity index (χ1v) is 14.4. The predicted octanol–water partition coefficient (Wildman–Crippen LogP) is 5.79. The number of fused-ring (bicyclic) bond motifs is 3. The minimum atomic E-state index is -4.92. The van der Waals surface area contributed by atoms with Gasteiger partial charge >= 0.3 is 12.2 Å². The number of nitrogens with zero attached hydrogens (tertiary/aromatic N) is 5. The number of benzene rings is 1. The highest BCUT2D eigenvalue weighted by Gasteiger charge is 2.49. The van der Waals surface area contributed by atoms with Crippen LogP contribution >= 0.6 is 11.6 Å². The first kappa shape index (κ1) is 27.6. The Labute approximate surface area is 242 Å². The second-order valence-corrected chi connectivity index (χ2v) is 12.0. The third-order valence-corrected chi connectivity index (χ3v) is 9.20. The van der Waals surface area contributed by atoms with Crippen molar-refractivity contribution in [3.05, 3.63) is 28.5 Å². The number of hydrogen-bond donors (Lipinski definition) is 1. The van der Waals surface area contributed by atoms with Crippen molar-refractivity contribution in [3.63, 3.8) is 0 Å². The average molecular weight is 611 g/mol. The van der Waals surface area contributed by atoms with Crippen molar-refractivity contribution in [2.45, 2.75) is 62.5 Å². The molecule has 6 heterocycles. The Bertz CT molecular complexity index is 1570. The maximum absolute atomic E-state index is 16.5. The highest BCUT2D eigenvalue weighted by molar-refractivity contribution is 6.32. The van der Waals surface area contributed by atoms with E-state index in [-0.39, 0.29) is 47.7 Å². The Morgan fingerprint density at radius 2 is 1.98 bits per heavy atom. The van der Waals surface area contributed by atoms with E-state index in [1.807, 2.05) is 4.90 Å². The van der Waals surface area contributed by atoms with Gasteiger partial charge in [0.25, 0.3) is 0 Å². The molecule has 0 spiro atoms. The van der Waals surface area contributed by atoms with Gasteiger partial charge in [0.15, 0.2) is 5.82 Å². The largest absolute Gasteiger partial charge is 0.475 e. The van der Waals surface area contributed by atoms with E-state index in [9.17, 15) is 17.6 Å². The number of halogens is 6. The molecule has 8 nitrogen and oxygen atoms in total. The molecule has 224 valence electrons. The lowest BCUT2D eigenvalue weighted by Crippen LogP contribution is -2.44. The van der Waals surface area contributed by atoms with Crippen LogP contribution in [0.2, 0.25) is 5.02 Å². The summed E-state index contributed by atoms with van der Waals surface area (Å²) in [5.74, 6) is -0.846. The smallest absolute Gasteiger partial charge is 0.418 e. The summed E-state index contributed by atoms with van der Waals surface area (Å²) in [7, 11) is 0. The summed E-state index contributed by atoms with van der Waals surface area (Å²) in [5.41, 5.74) is 2.41. The standard InChI is InChI=1S/C28H28ClF5N6O2/c29-18-9-15(35)8-17(20(18)28(32,33)34)22-21(31)23-19-24(40-7-2-1-4-16(40)12-41-25(19)36-22)38-26(37-23)42-13-27-5-3-6-39(27)11-14(30)10-27/h8-9,14,16H,1-7,10-13,35H2/t14-,16+,27+/m1/s1. The molecule has 2 N–H and O–H groups in total. The normalized spacial score (nSPS) is 25.7. The number of anilines is 2. The lowest BCUT2D eigenvalue weighted by atomic mass is 9.95. The van der Waals surface area contributed by atoms with Crippen molar-refractivity contribution in [1.82, 2.24) is 19.9 Å². The molecule has 0 amide bonds. The zero-order chi connectivity index (χ0) is 29.4. The summed E-state index contributed by atoms with van der Waals surface area (Å²) in [4.78, 5) is 17.4. The maximum atomic E-state index is 16.5. The van der Waals surface area contributed by atoms with Crippen LogP contribution in [-0.2, 0) is 6.18 Å². The zero-order valence-corrected chi connectivity index (χ0v) is 23.2. The van der Waals surface area contributed by atoms with Gasteiger partial charge in [-0.25, -0.2) is 13.8 Å². The van der Waals surface area contributed by atoms with Crippen LogP contribution < -0.4 is 20.1 Å². The van der Waals surface area contributed by atoms with Gasteiger partial charge in [-0.3, -0.25) is 4.90 Å². The number of alkyl halides is 4. The van der Waals surface area contributed by atoms with E-state index in [4.69, 9.17) is 26.8 Å². The molecule has 3 aromatic rings. The van der Waals surface area contributed by atoms with Crippen LogP contribution in [-0.4, -0.2) is 70.5 Å². The van der Waals surface area contributed by atoms with Gasteiger partial charge in [-0.2, -0.15) is 23.1 Å². The van der Waals surface area contributed by atoms with Crippen molar-refractivity contribution in [3.8, 4) is 23.1 Å². The molecule has 4 aliphatic rings. The van der Waals surface area contributed by atoms with Crippen molar-refractivity contribution in [1.29, 1.82) is 0 Å². The molecule has 7 rings (SSSR count). The van der Waals surface area contributed by atoms with E-state index >= 15 is 4.39 Å². The molecule has 1 aromatic carbocycles. The first-order valence-electron chi connectivity index (χ1n) is 14.0. The van der Waals surface area contributed by atoms with Crippen molar-refractivity contribution in [2.24, 2.45) is 0 Å². The number of hydrogen-bond acceptors (Lipinski definition) is 8. The molecule has 2 aromatic heterocycles. The number of ether oxygens (including phenoxy) is 2. The third kappa shape index (κ3) is 4.47. The summed E-state index contributed by atoms with van der Waals surface area (Å²) in [5, 5.41) is -0.528. The number of aromatic nitrogens is 3. The molecule has 3 atom stereocenters.